The second-order valence-corrected chi connectivity index (χ2v) is 2.45. The van der Waals surface area contributed by atoms with Crippen molar-refractivity contribution in [3.63, 3.8) is 0 Å². The van der Waals surface area contributed by atoms with Crippen LogP contribution in [0.4, 0.5) is 0 Å². The van der Waals surface area contributed by atoms with E-state index in [4.69, 9.17) is 8.83 Å². The van der Waals surface area contributed by atoms with Crippen molar-refractivity contribution in [3.8, 4) is 0 Å². The minimum atomic E-state index is 1.05. The molecule has 2 aromatic heterocycles. The first-order valence-electron chi connectivity index (χ1n) is 3.67. The normalized spacial score (nSPS) is 11.0. The van der Waals surface area contributed by atoms with Gasteiger partial charge in [0.1, 0.15) is 0 Å². The van der Waals surface area contributed by atoms with Gasteiger partial charge in [-0.1, -0.05) is 12.2 Å². The quantitative estimate of drug-likeness (QED) is 0.674. The molecule has 0 saturated heterocycles. The molecule has 0 unspecified atom stereocenters. The molecule has 60 valence electrons. The van der Waals surface area contributed by atoms with E-state index in [9.17, 15) is 0 Å². The lowest BCUT2D eigenvalue weighted by Gasteiger charge is -1.80. The second kappa shape index (κ2) is 3.13. The van der Waals surface area contributed by atoms with Crippen molar-refractivity contribution >= 4 is 12.2 Å². The van der Waals surface area contributed by atoms with Crippen molar-refractivity contribution in [2.75, 3.05) is 0 Å². The molecule has 0 aliphatic carbocycles. The highest BCUT2D eigenvalue weighted by molar-refractivity contribution is 5.68. The van der Waals surface area contributed by atoms with Crippen LogP contribution in [0.5, 0.6) is 0 Å². The Balaban J connectivity index is 2.14. The van der Waals surface area contributed by atoms with Crippen molar-refractivity contribution < 1.29 is 8.83 Å². The molecule has 0 aliphatic rings. The van der Waals surface area contributed by atoms with Crippen LogP contribution in [0.25, 0.3) is 12.2 Å². The highest BCUT2D eigenvalue weighted by Gasteiger charge is 1.88. The second-order valence-electron chi connectivity index (χ2n) is 2.45. The maximum Gasteiger partial charge on any atom is 0.0974 e. The Bertz CT molecular complexity index is 305. The molecule has 0 amide bonds. The van der Waals surface area contributed by atoms with Gasteiger partial charge >= 0.3 is 0 Å². The number of hydrogen-bond donors (Lipinski definition) is 0. The highest BCUT2D eigenvalue weighted by atomic mass is 16.3. The van der Waals surface area contributed by atoms with Gasteiger partial charge in [0.15, 0.2) is 0 Å². The van der Waals surface area contributed by atoms with Crippen molar-refractivity contribution in [1.82, 2.24) is 0 Å². The highest BCUT2D eigenvalue weighted by Crippen LogP contribution is 2.08. The van der Waals surface area contributed by atoms with Crippen LogP contribution in [0, 0.1) is 0 Å². The first-order chi connectivity index (χ1) is 5.95. The van der Waals surface area contributed by atoms with Crippen LogP contribution in [-0.2, 0) is 0 Å². The van der Waals surface area contributed by atoms with E-state index in [-0.39, 0.29) is 0 Å². The van der Waals surface area contributed by atoms with Crippen LogP contribution in [0.2, 0.25) is 0 Å². The molecule has 2 rings (SSSR count). The summed E-state index contributed by atoms with van der Waals surface area (Å²) in [7, 11) is 0. The topological polar surface area (TPSA) is 26.3 Å². The monoisotopic (exact) mass is 160 g/mol. The predicted octanol–water partition coefficient (Wildman–Crippen LogP) is 3.04. The third kappa shape index (κ3) is 1.48. The molecule has 0 aromatic carbocycles. The average Bonchev–Trinajstić information content (AvgIpc) is 2.74. The van der Waals surface area contributed by atoms with Gasteiger partial charge in [-0.05, 0) is 12.1 Å². The van der Waals surface area contributed by atoms with Gasteiger partial charge in [-0.3, -0.25) is 0 Å². The van der Waals surface area contributed by atoms with Gasteiger partial charge in [-0.25, -0.2) is 0 Å². The summed E-state index contributed by atoms with van der Waals surface area (Å²) in [6.45, 7) is 0. The summed E-state index contributed by atoms with van der Waals surface area (Å²) >= 11 is 0. The van der Waals surface area contributed by atoms with E-state index in [0.29, 0.717) is 0 Å². The summed E-state index contributed by atoms with van der Waals surface area (Å²) in [5.41, 5.74) is 2.10. The Labute approximate surface area is 70.1 Å². The molecule has 2 heteroatoms. The molecule has 0 spiro atoms. The Hall–Kier alpha value is -1.70. The summed E-state index contributed by atoms with van der Waals surface area (Å²) in [5.74, 6) is 0. The maximum absolute atomic E-state index is 4.91. The minimum absolute atomic E-state index is 1.05. The smallest absolute Gasteiger partial charge is 0.0974 e. The van der Waals surface area contributed by atoms with Gasteiger partial charge in [0.25, 0.3) is 0 Å². The summed E-state index contributed by atoms with van der Waals surface area (Å²) in [5, 5.41) is 0. The molecule has 2 heterocycles. The first-order valence-corrected chi connectivity index (χ1v) is 3.67. The van der Waals surface area contributed by atoms with Crippen LogP contribution in [-0.4, -0.2) is 0 Å². The van der Waals surface area contributed by atoms with Gasteiger partial charge in [0, 0.05) is 11.1 Å². The molecular weight excluding hydrogens is 152 g/mol. The van der Waals surface area contributed by atoms with E-state index < -0.39 is 0 Å². The van der Waals surface area contributed by atoms with E-state index in [2.05, 4.69) is 0 Å². The van der Waals surface area contributed by atoms with Crippen molar-refractivity contribution in [3.05, 3.63) is 48.3 Å². The number of furan rings is 2. The van der Waals surface area contributed by atoms with Crippen LogP contribution >= 0.6 is 0 Å². The van der Waals surface area contributed by atoms with Gasteiger partial charge in [-0.15, -0.1) is 0 Å². The zero-order valence-corrected chi connectivity index (χ0v) is 6.44. The lowest BCUT2D eigenvalue weighted by molar-refractivity contribution is 0.566. The van der Waals surface area contributed by atoms with Gasteiger partial charge in [-0.2, -0.15) is 0 Å². The fraction of sp³-hybridized carbons (Fsp3) is 0. The lowest BCUT2D eigenvalue weighted by Crippen LogP contribution is -1.61. The fourth-order valence-electron chi connectivity index (χ4n) is 0.932. The summed E-state index contributed by atoms with van der Waals surface area (Å²) < 4.78 is 9.82. The Morgan fingerprint density at radius 1 is 0.833 bits per heavy atom. The lowest BCUT2D eigenvalue weighted by atomic mass is 10.2. The van der Waals surface area contributed by atoms with E-state index in [1.54, 1.807) is 25.1 Å². The molecule has 0 radical (unpaired) electrons. The maximum atomic E-state index is 4.91. The van der Waals surface area contributed by atoms with Crippen LogP contribution < -0.4 is 0 Å². The van der Waals surface area contributed by atoms with Gasteiger partial charge in [0.2, 0.25) is 0 Å². The summed E-state index contributed by atoms with van der Waals surface area (Å²) in [6.07, 6.45) is 10.6. The first kappa shape index (κ1) is 6.98. The molecule has 0 fully saturated rings. The van der Waals surface area contributed by atoms with Crippen molar-refractivity contribution in [2.45, 2.75) is 0 Å². The van der Waals surface area contributed by atoms with Crippen molar-refractivity contribution in [1.29, 1.82) is 0 Å². The molecule has 2 aromatic rings. The Kier molecular flexibility index (Phi) is 1.82. The standard InChI is InChI=1S/C10H8O2/c1(9-3-5-11-7-9)2-10-4-6-12-8-10/h1-8H/b2-1-. The van der Waals surface area contributed by atoms with Crippen LogP contribution in [0.1, 0.15) is 11.1 Å². The van der Waals surface area contributed by atoms with E-state index >= 15 is 0 Å². The Morgan fingerprint density at radius 3 is 1.67 bits per heavy atom. The zero-order chi connectivity index (χ0) is 8.23. The number of hydrogen-bond acceptors (Lipinski definition) is 2. The fourth-order valence-corrected chi connectivity index (χ4v) is 0.932. The summed E-state index contributed by atoms with van der Waals surface area (Å²) in [6, 6.07) is 3.80. The predicted molar refractivity (Wildman–Crippen MR) is 46.3 cm³/mol. The molecule has 0 aliphatic heterocycles. The van der Waals surface area contributed by atoms with E-state index in [0.717, 1.165) is 11.1 Å². The molecule has 0 saturated carbocycles. The third-order valence-electron chi connectivity index (χ3n) is 1.55. The zero-order valence-electron chi connectivity index (χ0n) is 6.44. The molecule has 0 atom stereocenters. The van der Waals surface area contributed by atoms with Crippen molar-refractivity contribution in [2.24, 2.45) is 0 Å². The van der Waals surface area contributed by atoms with Crippen LogP contribution in [0.15, 0.2) is 46.0 Å². The third-order valence-corrected chi connectivity index (χ3v) is 1.55. The SMILES string of the molecule is C(=C/c1ccoc1)/c1ccoc1. The van der Waals surface area contributed by atoms with Gasteiger partial charge in [0.05, 0.1) is 25.1 Å². The van der Waals surface area contributed by atoms with Gasteiger partial charge < -0.3 is 8.83 Å². The van der Waals surface area contributed by atoms with E-state index in [1.807, 2.05) is 24.3 Å². The average molecular weight is 160 g/mol. The van der Waals surface area contributed by atoms with E-state index in [1.165, 1.54) is 0 Å². The molecule has 0 bridgehead atoms. The number of rotatable bonds is 2. The molecule has 12 heavy (non-hydrogen) atoms. The molecule has 2 nitrogen and oxygen atoms in total. The largest absolute Gasteiger partial charge is 0.472 e. The minimum Gasteiger partial charge on any atom is -0.472 e. The molecular formula is C10H8O2. The van der Waals surface area contributed by atoms with Crippen LogP contribution in [0.3, 0.4) is 0 Å². The Morgan fingerprint density at radius 2 is 1.33 bits per heavy atom. The summed E-state index contributed by atoms with van der Waals surface area (Å²) in [4.78, 5) is 0. The molecule has 0 N–H and O–H groups in total.